The lowest BCUT2D eigenvalue weighted by molar-refractivity contribution is -0.175. The Labute approximate surface area is 132 Å². The van der Waals surface area contributed by atoms with Gasteiger partial charge in [0.25, 0.3) is 0 Å². The highest BCUT2D eigenvalue weighted by molar-refractivity contribution is 5.87. The Bertz CT molecular complexity index is 483. The minimum absolute atomic E-state index is 0.0305. The summed E-state index contributed by atoms with van der Waals surface area (Å²) in [4.78, 5) is 25.2. The summed E-state index contributed by atoms with van der Waals surface area (Å²) in [5.41, 5.74) is -0.266. The van der Waals surface area contributed by atoms with Gasteiger partial charge in [-0.05, 0) is 57.3 Å². The second-order valence-corrected chi connectivity index (χ2v) is 8.16. The van der Waals surface area contributed by atoms with Gasteiger partial charge in [0.2, 0.25) is 0 Å². The quantitative estimate of drug-likeness (QED) is 0.736. The van der Waals surface area contributed by atoms with Crippen molar-refractivity contribution in [2.24, 2.45) is 29.1 Å². The molecule has 4 heteroatoms. The molecule has 4 nitrogen and oxygen atoms in total. The van der Waals surface area contributed by atoms with Gasteiger partial charge in [-0.3, -0.25) is 9.59 Å². The summed E-state index contributed by atoms with van der Waals surface area (Å²) in [5.74, 6) is 0.482. The Kier molecular flexibility index (Phi) is 3.87. The molecule has 3 aliphatic rings. The van der Waals surface area contributed by atoms with E-state index in [1.165, 1.54) is 0 Å². The summed E-state index contributed by atoms with van der Waals surface area (Å²) >= 11 is 0. The molecule has 22 heavy (non-hydrogen) atoms. The van der Waals surface area contributed by atoms with Crippen molar-refractivity contribution in [1.29, 1.82) is 0 Å². The molecule has 0 amide bonds. The fourth-order valence-electron chi connectivity index (χ4n) is 5.16. The molecule has 2 saturated carbocycles. The molecule has 0 aromatic carbocycles. The van der Waals surface area contributed by atoms with E-state index < -0.39 is 0 Å². The van der Waals surface area contributed by atoms with Crippen molar-refractivity contribution in [3.05, 3.63) is 0 Å². The molecule has 1 unspecified atom stereocenters. The van der Waals surface area contributed by atoms with Crippen LogP contribution in [0.15, 0.2) is 0 Å². The third kappa shape index (κ3) is 2.40. The maximum atomic E-state index is 12.8. The number of fused-ring (bicyclic) bond motifs is 1. The smallest absolute Gasteiger partial charge is 0.309 e. The number of rotatable bonds is 2. The van der Waals surface area contributed by atoms with Crippen LogP contribution < -0.4 is 0 Å². The number of ether oxygens (including phenoxy) is 2. The van der Waals surface area contributed by atoms with Gasteiger partial charge in [0, 0.05) is 12.3 Å². The van der Waals surface area contributed by atoms with Crippen molar-refractivity contribution in [3.63, 3.8) is 0 Å². The van der Waals surface area contributed by atoms with Crippen molar-refractivity contribution >= 4 is 11.8 Å². The van der Waals surface area contributed by atoms with Gasteiger partial charge in [0.1, 0.15) is 5.78 Å². The van der Waals surface area contributed by atoms with Crippen LogP contribution >= 0.6 is 0 Å². The lowest BCUT2D eigenvalue weighted by Crippen LogP contribution is -2.53. The molecule has 1 heterocycles. The Balaban J connectivity index is 1.94. The Morgan fingerprint density at radius 3 is 2.77 bits per heavy atom. The van der Waals surface area contributed by atoms with Crippen LogP contribution in [0, 0.1) is 29.1 Å². The van der Waals surface area contributed by atoms with Crippen LogP contribution in [-0.4, -0.2) is 30.6 Å². The highest BCUT2D eigenvalue weighted by Gasteiger charge is 2.57. The van der Waals surface area contributed by atoms with Gasteiger partial charge in [-0.1, -0.05) is 6.92 Å². The molecule has 3 rings (SSSR count). The number of carbonyl (C=O) groups is 2. The zero-order chi connectivity index (χ0) is 16.1. The second kappa shape index (κ2) is 5.33. The number of ketones is 1. The summed E-state index contributed by atoms with van der Waals surface area (Å²) in [7, 11) is 0. The third-order valence-electron chi connectivity index (χ3n) is 6.52. The fourth-order valence-corrected chi connectivity index (χ4v) is 5.16. The van der Waals surface area contributed by atoms with Crippen LogP contribution in [0.25, 0.3) is 0 Å². The normalized spacial score (nSPS) is 43.4. The number of carbonyl (C=O) groups excluding carboxylic acids is 2. The van der Waals surface area contributed by atoms with Crippen molar-refractivity contribution in [2.75, 3.05) is 13.2 Å². The number of hydrogen-bond acceptors (Lipinski definition) is 4. The average molecular weight is 308 g/mol. The van der Waals surface area contributed by atoms with E-state index in [4.69, 9.17) is 9.47 Å². The van der Waals surface area contributed by atoms with Gasteiger partial charge in [-0.2, -0.15) is 0 Å². The molecule has 3 fully saturated rings. The Hall–Kier alpha value is -0.900. The Morgan fingerprint density at radius 2 is 2.09 bits per heavy atom. The minimum atomic E-state index is -0.283. The molecule has 1 aliphatic heterocycles. The van der Waals surface area contributed by atoms with Crippen molar-refractivity contribution in [3.8, 4) is 0 Å². The van der Waals surface area contributed by atoms with E-state index in [0.717, 1.165) is 19.3 Å². The standard InChI is InChI=1S/C18H28O4/c1-5-21-16(20)14-8-15(19)12-10-22-17(2,3)13-6-7-18(14,4)9-11(12)13/h11-14H,5-10H2,1-4H3/t11-,12-,13-,14?,18+/m1/s1. The maximum Gasteiger partial charge on any atom is 0.309 e. The SMILES string of the molecule is CCOC(=O)C1CC(=O)[C@@H]2COC(C)(C)[C@@H]3CC[C@@]1(C)C[C@@H]32. The molecule has 0 radical (unpaired) electrons. The first-order chi connectivity index (χ1) is 10.3. The molecule has 0 aromatic rings. The number of hydrogen-bond donors (Lipinski definition) is 0. The van der Waals surface area contributed by atoms with Crippen molar-refractivity contribution in [2.45, 2.75) is 59.0 Å². The first kappa shape index (κ1) is 16.0. The van der Waals surface area contributed by atoms with Gasteiger partial charge in [0.15, 0.2) is 0 Å². The van der Waals surface area contributed by atoms with E-state index in [-0.39, 0.29) is 34.6 Å². The summed E-state index contributed by atoms with van der Waals surface area (Å²) in [6.45, 7) is 9.20. The molecule has 124 valence electrons. The topological polar surface area (TPSA) is 52.6 Å². The molecule has 0 spiro atoms. The van der Waals surface area contributed by atoms with E-state index >= 15 is 0 Å². The minimum Gasteiger partial charge on any atom is -0.466 e. The van der Waals surface area contributed by atoms with E-state index in [2.05, 4.69) is 20.8 Å². The third-order valence-corrected chi connectivity index (χ3v) is 6.52. The Morgan fingerprint density at radius 1 is 1.36 bits per heavy atom. The van der Waals surface area contributed by atoms with Gasteiger partial charge >= 0.3 is 5.97 Å². The molecule has 5 atom stereocenters. The predicted octanol–water partition coefficient (Wildman–Crippen LogP) is 2.99. The molecular formula is C18H28O4. The molecule has 0 aromatic heterocycles. The molecule has 2 bridgehead atoms. The van der Waals surface area contributed by atoms with E-state index in [0.29, 0.717) is 31.5 Å². The first-order valence-corrected chi connectivity index (χ1v) is 8.62. The van der Waals surface area contributed by atoms with Crippen LogP contribution in [0.4, 0.5) is 0 Å². The predicted molar refractivity (Wildman–Crippen MR) is 82.2 cm³/mol. The number of Topliss-reactive ketones (excluding diaryl/α,β-unsaturated/α-hetero) is 1. The highest BCUT2D eigenvalue weighted by Crippen LogP contribution is 2.57. The van der Waals surface area contributed by atoms with Gasteiger partial charge in [-0.15, -0.1) is 0 Å². The molecular weight excluding hydrogens is 280 g/mol. The van der Waals surface area contributed by atoms with E-state index in [1.54, 1.807) is 0 Å². The molecule has 0 N–H and O–H groups in total. The molecule has 1 saturated heterocycles. The summed E-state index contributed by atoms with van der Waals surface area (Å²) in [6.07, 6.45) is 3.29. The zero-order valence-electron chi connectivity index (χ0n) is 14.2. The van der Waals surface area contributed by atoms with Crippen LogP contribution in [0.5, 0.6) is 0 Å². The first-order valence-electron chi connectivity index (χ1n) is 8.62. The summed E-state index contributed by atoms with van der Waals surface area (Å²) in [5, 5.41) is 0. The van der Waals surface area contributed by atoms with Gasteiger partial charge in [-0.25, -0.2) is 0 Å². The highest BCUT2D eigenvalue weighted by atomic mass is 16.5. The van der Waals surface area contributed by atoms with Crippen LogP contribution in [0.3, 0.4) is 0 Å². The zero-order valence-corrected chi connectivity index (χ0v) is 14.2. The van der Waals surface area contributed by atoms with Crippen molar-refractivity contribution < 1.29 is 19.1 Å². The monoisotopic (exact) mass is 308 g/mol. The molecule has 2 aliphatic carbocycles. The largest absolute Gasteiger partial charge is 0.466 e. The van der Waals surface area contributed by atoms with Crippen LogP contribution in [0.2, 0.25) is 0 Å². The lowest BCUT2D eigenvalue weighted by Gasteiger charge is -2.53. The van der Waals surface area contributed by atoms with Gasteiger partial charge in [0.05, 0.1) is 24.7 Å². The van der Waals surface area contributed by atoms with E-state index in [9.17, 15) is 9.59 Å². The van der Waals surface area contributed by atoms with Gasteiger partial charge < -0.3 is 9.47 Å². The summed E-state index contributed by atoms with van der Waals surface area (Å²) < 4.78 is 11.3. The maximum absolute atomic E-state index is 12.8. The average Bonchev–Trinajstić information content (AvgIpc) is 2.52. The van der Waals surface area contributed by atoms with Crippen LogP contribution in [-0.2, 0) is 19.1 Å². The van der Waals surface area contributed by atoms with E-state index in [1.807, 2.05) is 6.92 Å². The lowest BCUT2D eigenvalue weighted by atomic mass is 9.57. The number of esters is 1. The fraction of sp³-hybridized carbons (Fsp3) is 0.889. The van der Waals surface area contributed by atoms with Crippen molar-refractivity contribution in [1.82, 2.24) is 0 Å². The second-order valence-electron chi connectivity index (χ2n) is 8.16. The van der Waals surface area contributed by atoms with Crippen LogP contribution in [0.1, 0.15) is 53.4 Å². The summed E-state index contributed by atoms with van der Waals surface area (Å²) in [6, 6.07) is 0.